The number of nitrogens with one attached hydrogen (secondary N) is 2. The van der Waals surface area contributed by atoms with Crippen molar-refractivity contribution in [2.24, 2.45) is 16.7 Å². The summed E-state index contributed by atoms with van der Waals surface area (Å²) in [4.78, 5) is 55.3. The van der Waals surface area contributed by atoms with Crippen molar-refractivity contribution in [1.82, 2.24) is 15.1 Å². The van der Waals surface area contributed by atoms with Gasteiger partial charge in [-0.15, -0.1) is 0 Å². The number of rotatable bonds is 8. The van der Waals surface area contributed by atoms with Crippen LogP contribution in [0.15, 0.2) is 48.5 Å². The number of aryl methyl sites for hydroxylation is 1. The molecule has 244 valence electrons. The fourth-order valence-corrected chi connectivity index (χ4v) is 6.48. The van der Waals surface area contributed by atoms with Crippen molar-refractivity contribution in [3.63, 3.8) is 0 Å². The molecule has 3 N–H and O–H groups in total. The molecule has 11 heteroatoms. The van der Waals surface area contributed by atoms with Crippen molar-refractivity contribution < 1.29 is 29.0 Å². The number of halogens is 1. The second-order valence-corrected chi connectivity index (χ2v) is 13.6. The Bertz CT molecular complexity index is 1370. The Morgan fingerprint density at radius 3 is 2.29 bits per heavy atom. The minimum atomic E-state index is -1.04. The number of carbonyl (C=O) groups is 4. The third kappa shape index (κ3) is 8.48. The monoisotopic (exact) mass is 640 g/mol. The average Bonchev–Trinajstić information content (AvgIpc) is 3.02. The standard InChI is InChI=1S/C34H45ClN4O6/c1-5-23-10-12-26(13-11-23)37-31(42)45-22-34(30(41)36-21-25-8-6-7-9-27(25)35)15-18-38(19-16-34)29(40)24-14-17-39(32(43)44)28(20-24)33(2,3)4/h6-13,24,28H,5,14-22H2,1-4H3,(H,36,41)(H,37,42)(H,43,44). The molecule has 4 rings (SSSR count). The zero-order valence-corrected chi connectivity index (χ0v) is 27.4. The zero-order valence-electron chi connectivity index (χ0n) is 26.6. The van der Waals surface area contributed by atoms with Crippen molar-refractivity contribution >= 4 is 41.3 Å². The Morgan fingerprint density at radius 1 is 1.02 bits per heavy atom. The summed E-state index contributed by atoms with van der Waals surface area (Å²) in [6.07, 6.45) is 0.791. The van der Waals surface area contributed by atoms with Gasteiger partial charge in [-0.2, -0.15) is 0 Å². The van der Waals surface area contributed by atoms with Gasteiger partial charge in [0.1, 0.15) is 6.61 Å². The average molecular weight is 641 g/mol. The fraction of sp³-hybridized carbons (Fsp3) is 0.529. The number of carbonyl (C=O) groups excluding carboxylic acids is 3. The van der Waals surface area contributed by atoms with Crippen LogP contribution in [0, 0.1) is 16.7 Å². The number of anilines is 1. The highest BCUT2D eigenvalue weighted by Gasteiger charge is 2.46. The van der Waals surface area contributed by atoms with Crippen LogP contribution in [-0.4, -0.2) is 71.2 Å². The molecule has 0 aromatic heterocycles. The molecule has 2 aromatic rings. The third-order valence-electron chi connectivity index (χ3n) is 9.20. The number of piperidine rings is 2. The first-order valence-electron chi connectivity index (χ1n) is 15.7. The van der Waals surface area contributed by atoms with Crippen LogP contribution in [0.1, 0.15) is 64.5 Å². The van der Waals surface area contributed by atoms with Crippen LogP contribution < -0.4 is 10.6 Å². The Kier molecular flexibility index (Phi) is 11.0. The van der Waals surface area contributed by atoms with E-state index in [1.54, 1.807) is 23.1 Å². The molecule has 4 amide bonds. The van der Waals surface area contributed by atoms with Gasteiger partial charge in [-0.3, -0.25) is 14.9 Å². The molecule has 2 fully saturated rings. The van der Waals surface area contributed by atoms with Crippen molar-refractivity contribution in [2.45, 2.75) is 72.4 Å². The molecule has 0 saturated carbocycles. The highest BCUT2D eigenvalue weighted by molar-refractivity contribution is 6.31. The van der Waals surface area contributed by atoms with E-state index in [9.17, 15) is 24.3 Å². The Hall–Kier alpha value is -3.79. The zero-order chi connectivity index (χ0) is 32.8. The molecule has 0 spiro atoms. The van der Waals surface area contributed by atoms with E-state index in [-0.39, 0.29) is 42.3 Å². The van der Waals surface area contributed by atoms with E-state index in [2.05, 4.69) is 17.6 Å². The molecule has 0 radical (unpaired) electrons. The number of hydrogen-bond donors (Lipinski definition) is 3. The molecule has 2 atom stereocenters. The van der Waals surface area contributed by atoms with Gasteiger partial charge in [0.25, 0.3) is 0 Å². The van der Waals surface area contributed by atoms with Crippen LogP contribution in [0.5, 0.6) is 0 Å². The maximum Gasteiger partial charge on any atom is 0.411 e. The van der Waals surface area contributed by atoms with Crippen LogP contribution >= 0.6 is 11.6 Å². The van der Waals surface area contributed by atoms with Crippen molar-refractivity contribution in [2.75, 3.05) is 31.6 Å². The van der Waals surface area contributed by atoms with Gasteiger partial charge in [0, 0.05) is 48.8 Å². The van der Waals surface area contributed by atoms with Crippen molar-refractivity contribution in [1.29, 1.82) is 0 Å². The lowest BCUT2D eigenvalue weighted by molar-refractivity contribution is -0.146. The van der Waals surface area contributed by atoms with E-state index in [0.717, 1.165) is 17.5 Å². The normalized spacial score (nSPS) is 19.8. The number of benzene rings is 2. The largest absolute Gasteiger partial charge is 0.465 e. The topological polar surface area (TPSA) is 128 Å². The molecule has 45 heavy (non-hydrogen) atoms. The van der Waals surface area contributed by atoms with Crippen LogP contribution in [0.3, 0.4) is 0 Å². The molecule has 0 aliphatic carbocycles. The van der Waals surface area contributed by atoms with Gasteiger partial charge in [0.05, 0.1) is 5.41 Å². The minimum absolute atomic E-state index is 0.0199. The lowest BCUT2D eigenvalue weighted by Crippen LogP contribution is -2.56. The lowest BCUT2D eigenvalue weighted by Gasteiger charge is -2.46. The first kappa shape index (κ1) is 34.1. The summed E-state index contributed by atoms with van der Waals surface area (Å²) in [5.74, 6) is -0.585. The quantitative estimate of drug-likeness (QED) is 0.316. The number of ether oxygens (including phenoxy) is 1. The summed E-state index contributed by atoms with van der Waals surface area (Å²) in [5, 5.41) is 16.0. The first-order valence-corrected chi connectivity index (χ1v) is 16.0. The van der Waals surface area contributed by atoms with Crippen molar-refractivity contribution in [3.05, 3.63) is 64.7 Å². The SMILES string of the molecule is CCc1ccc(NC(=O)OCC2(C(=O)NCc3ccccc3Cl)CCN(C(=O)C3CCN(C(=O)O)C(C(C)(C)C)C3)CC2)cc1. The number of amides is 4. The van der Waals surface area contributed by atoms with Crippen LogP contribution in [-0.2, 0) is 27.3 Å². The van der Waals surface area contributed by atoms with Gasteiger partial charge in [0.2, 0.25) is 11.8 Å². The Balaban J connectivity index is 1.43. The van der Waals surface area contributed by atoms with E-state index in [4.69, 9.17) is 16.3 Å². The second kappa shape index (κ2) is 14.5. The van der Waals surface area contributed by atoms with Gasteiger partial charge in [-0.05, 0) is 66.8 Å². The van der Waals surface area contributed by atoms with E-state index >= 15 is 0 Å². The molecule has 2 aliphatic rings. The van der Waals surface area contributed by atoms with Gasteiger partial charge < -0.3 is 25.0 Å². The Morgan fingerprint density at radius 2 is 1.69 bits per heavy atom. The van der Waals surface area contributed by atoms with E-state index in [1.807, 2.05) is 51.1 Å². The summed E-state index contributed by atoms with van der Waals surface area (Å²) in [7, 11) is 0. The summed E-state index contributed by atoms with van der Waals surface area (Å²) in [5.41, 5.74) is 1.15. The third-order valence-corrected chi connectivity index (χ3v) is 9.57. The lowest BCUT2D eigenvalue weighted by atomic mass is 9.75. The minimum Gasteiger partial charge on any atom is -0.465 e. The second-order valence-electron chi connectivity index (χ2n) is 13.2. The van der Waals surface area contributed by atoms with Crippen LogP contribution in [0.2, 0.25) is 5.02 Å². The maximum atomic E-state index is 13.7. The number of nitrogens with zero attached hydrogens (tertiary/aromatic N) is 2. The predicted molar refractivity (Wildman–Crippen MR) is 173 cm³/mol. The maximum absolute atomic E-state index is 13.7. The van der Waals surface area contributed by atoms with Gasteiger partial charge >= 0.3 is 12.2 Å². The van der Waals surface area contributed by atoms with E-state index < -0.39 is 17.6 Å². The summed E-state index contributed by atoms with van der Waals surface area (Å²) in [6.45, 7) is 9.05. The first-order chi connectivity index (χ1) is 21.3. The number of likely N-dealkylation sites (tertiary alicyclic amines) is 2. The van der Waals surface area contributed by atoms with E-state index in [1.165, 1.54) is 4.90 Å². The van der Waals surface area contributed by atoms with Gasteiger partial charge in [0.15, 0.2) is 0 Å². The highest BCUT2D eigenvalue weighted by atomic mass is 35.5. The van der Waals surface area contributed by atoms with E-state index in [0.29, 0.717) is 56.0 Å². The molecule has 2 heterocycles. The molecule has 2 aromatic carbocycles. The van der Waals surface area contributed by atoms with Gasteiger partial charge in [-0.25, -0.2) is 9.59 Å². The summed E-state index contributed by atoms with van der Waals surface area (Å²) >= 11 is 6.31. The molecular formula is C34H45ClN4O6. The smallest absolute Gasteiger partial charge is 0.411 e. The number of hydrogen-bond acceptors (Lipinski definition) is 5. The fourth-order valence-electron chi connectivity index (χ4n) is 6.28. The predicted octanol–water partition coefficient (Wildman–Crippen LogP) is 6.18. The highest BCUT2D eigenvalue weighted by Crippen LogP contribution is 2.38. The molecule has 10 nitrogen and oxygen atoms in total. The summed E-state index contributed by atoms with van der Waals surface area (Å²) < 4.78 is 5.64. The van der Waals surface area contributed by atoms with Gasteiger partial charge in [-0.1, -0.05) is 69.6 Å². The molecule has 0 bridgehead atoms. The molecule has 2 unspecified atom stereocenters. The van der Waals surface area contributed by atoms with Crippen molar-refractivity contribution in [3.8, 4) is 0 Å². The number of carboxylic acid groups (broad SMARTS) is 1. The molecule has 2 saturated heterocycles. The summed E-state index contributed by atoms with van der Waals surface area (Å²) in [6, 6.07) is 14.5. The molecular weight excluding hydrogens is 596 g/mol. The van der Waals surface area contributed by atoms with Crippen LogP contribution in [0.4, 0.5) is 15.3 Å². The Labute approximate surface area is 270 Å². The molecule has 2 aliphatic heterocycles. The van der Waals surface area contributed by atoms with Crippen LogP contribution in [0.25, 0.3) is 0 Å².